The molecule has 0 radical (unpaired) electrons. The van der Waals surface area contributed by atoms with Crippen molar-refractivity contribution in [2.75, 3.05) is 13.2 Å². The number of halogens is 2. The zero-order chi connectivity index (χ0) is 12.1. The minimum atomic E-state index is -2.56. The number of hydrogen-bond acceptors (Lipinski definition) is 3. The average Bonchev–Trinajstić information content (AvgIpc) is 2.13. The first-order chi connectivity index (χ1) is 6.90. The van der Waals surface area contributed by atoms with Gasteiger partial charge in [0.1, 0.15) is 0 Å². The van der Waals surface area contributed by atoms with E-state index >= 15 is 0 Å². The number of nitrogens with two attached hydrogens (primary N) is 1. The van der Waals surface area contributed by atoms with Crippen molar-refractivity contribution < 1.29 is 18.3 Å². The zero-order valence-corrected chi connectivity index (χ0v) is 9.43. The average molecular weight is 223 g/mol. The fourth-order valence-electron chi connectivity index (χ4n) is 1.51. The van der Waals surface area contributed by atoms with Gasteiger partial charge in [-0.15, -0.1) is 0 Å². The smallest absolute Gasteiger partial charge is 0.313 e. The lowest BCUT2D eigenvalue weighted by Crippen LogP contribution is -2.45. The van der Waals surface area contributed by atoms with E-state index in [1.54, 1.807) is 20.8 Å². The summed E-state index contributed by atoms with van der Waals surface area (Å²) in [5.74, 6) is -0.890. The summed E-state index contributed by atoms with van der Waals surface area (Å²) < 4.78 is 29.6. The van der Waals surface area contributed by atoms with E-state index in [1.165, 1.54) is 0 Å². The van der Waals surface area contributed by atoms with Crippen molar-refractivity contribution in [3.63, 3.8) is 0 Å². The number of carbonyl (C=O) groups excluding carboxylic acids is 1. The molecule has 0 bridgehead atoms. The SMILES string of the molecule is CCOC(=O)C(CN)(CC(F)F)C(C)C. The number of alkyl halides is 2. The fourth-order valence-corrected chi connectivity index (χ4v) is 1.51. The summed E-state index contributed by atoms with van der Waals surface area (Å²) in [6.45, 7) is 5.10. The minimum Gasteiger partial charge on any atom is -0.466 e. The lowest BCUT2D eigenvalue weighted by molar-refractivity contribution is -0.160. The topological polar surface area (TPSA) is 52.3 Å². The minimum absolute atomic E-state index is 0.117. The van der Waals surface area contributed by atoms with Gasteiger partial charge >= 0.3 is 5.97 Å². The summed E-state index contributed by atoms with van der Waals surface area (Å²) in [7, 11) is 0. The predicted octanol–water partition coefficient (Wildman–Crippen LogP) is 1.81. The van der Waals surface area contributed by atoms with Gasteiger partial charge in [0.2, 0.25) is 6.43 Å². The van der Waals surface area contributed by atoms with E-state index in [-0.39, 0.29) is 19.1 Å². The van der Waals surface area contributed by atoms with Crippen LogP contribution in [0, 0.1) is 11.3 Å². The Morgan fingerprint density at radius 2 is 2.00 bits per heavy atom. The van der Waals surface area contributed by atoms with Crippen molar-refractivity contribution in [2.45, 2.75) is 33.6 Å². The number of carbonyl (C=O) groups is 1. The Hall–Kier alpha value is -0.710. The van der Waals surface area contributed by atoms with Crippen molar-refractivity contribution in [2.24, 2.45) is 17.1 Å². The van der Waals surface area contributed by atoms with Crippen LogP contribution in [0.5, 0.6) is 0 Å². The fraction of sp³-hybridized carbons (Fsp3) is 0.900. The monoisotopic (exact) mass is 223 g/mol. The van der Waals surface area contributed by atoms with Crippen molar-refractivity contribution in [3.8, 4) is 0 Å². The van der Waals surface area contributed by atoms with Crippen LogP contribution in [0.2, 0.25) is 0 Å². The molecule has 0 saturated heterocycles. The second-order valence-electron chi connectivity index (χ2n) is 3.83. The molecule has 0 spiro atoms. The Balaban J connectivity index is 4.88. The first kappa shape index (κ1) is 14.3. The van der Waals surface area contributed by atoms with Gasteiger partial charge in [0.05, 0.1) is 12.0 Å². The molecule has 3 nitrogen and oxygen atoms in total. The summed E-state index contributed by atoms with van der Waals surface area (Å²) >= 11 is 0. The van der Waals surface area contributed by atoms with Gasteiger partial charge in [0.25, 0.3) is 0 Å². The van der Waals surface area contributed by atoms with Gasteiger partial charge < -0.3 is 10.5 Å². The number of ether oxygens (including phenoxy) is 1. The van der Waals surface area contributed by atoms with Crippen LogP contribution >= 0.6 is 0 Å². The number of hydrogen-bond donors (Lipinski definition) is 1. The maximum absolute atomic E-state index is 12.4. The second-order valence-corrected chi connectivity index (χ2v) is 3.83. The van der Waals surface area contributed by atoms with E-state index in [0.29, 0.717) is 0 Å². The summed E-state index contributed by atoms with van der Waals surface area (Å²) in [5, 5.41) is 0. The Kier molecular flexibility index (Phi) is 5.72. The molecule has 0 aromatic rings. The van der Waals surface area contributed by atoms with E-state index in [0.717, 1.165) is 0 Å². The lowest BCUT2D eigenvalue weighted by Gasteiger charge is -2.33. The van der Waals surface area contributed by atoms with Crippen LogP contribution in [0.25, 0.3) is 0 Å². The zero-order valence-electron chi connectivity index (χ0n) is 9.43. The Bertz CT molecular complexity index is 210. The molecule has 0 amide bonds. The van der Waals surface area contributed by atoms with Gasteiger partial charge in [-0.1, -0.05) is 13.8 Å². The Morgan fingerprint density at radius 3 is 2.27 bits per heavy atom. The summed E-state index contributed by atoms with van der Waals surface area (Å²) in [5.41, 5.74) is 4.19. The molecule has 0 saturated carbocycles. The molecule has 0 aromatic carbocycles. The molecule has 5 heteroatoms. The molecule has 0 aliphatic rings. The van der Waals surface area contributed by atoms with Crippen LogP contribution in [-0.4, -0.2) is 25.5 Å². The molecule has 2 N–H and O–H groups in total. The van der Waals surface area contributed by atoms with Gasteiger partial charge in [-0.2, -0.15) is 0 Å². The molecule has 0 aliphatic carbocycles. The molecule has 0 fully saturated rings. The molecule has 0 heterocycles. The van der Waals surface area contributed by atoms with Gasteiger partial charge in [-0.25, -0.2) is 8.78 Å². The van der Waals surface area contributed by atoms with Gasteiger partial charge in [0, 0.05) is 13.0 Å². The second kappa shape index (κ2) is 6.00. The maximum atomic E-state index is 12.4. The molecule has 0 aliphatic heterocycles. The van der Waals surface area contributed by atoms with E-state index in [2.05, 4.69) is 0 Å². The number of rotatable bonds is 6. The molecule has 1 atom stereocenters. The van der Waals surface area contributed by atoms with Crippen LogP contribution in [0.15, 0.2) is 0 Å². The molecule has 0 rings (SSSR count). The lowest BCUT2D eigenvalue weighted by atomic mass is 9.74. The molecular weight excluding hydrogens is 204 g/mol. The third kappa shape index (κ3) is 3.41. The van der Waals surface area contributed by atoms with Crippen molar-refractivity contribution in [3.05, 3.63) is 0 Å². The van der Waals surface area contributed by atoms with Crippen molar-refractivity contribution in [1.29, 1.82) is 0 Å². The highest BCUT2D eigenvalue weighted by molar-refractivity contribution is 5.77. The van der Waals surface area contributed by atoms with Crippen molar-refractivity contribution >= 4 is 5.97 Å². The van der Waals surface area contributed by atoms with Crippen LogP contribution in [0.3, 0.4) is 0 Å². The standard InChI is InChI=1S/C10H19F2NO2/c1-4-15-9(14)10(6-13,7(2)3)5-8(11)12/h7-8H,4-6,13H2,1-3H3. The highest BCUT2D eigenvalue weighted by Gasteiger charge is 2.44. The summed E-state index contributed by atoms with van der Waals surface area (Å²) in [4.78, 5) is 11.6. The predicted molar refractivity (Wildman–Crippen MR) is 53.6 cm³/mol. The molecule has 15 heavy (non-hydrogen) atoms. The largest absolute Gasteiger partial charge is 0.466 e. The van der Waals surface area contributed by atoms with E-state index < -0.39 is 24.2 Å². The summed E-state index contributed by atoms with van der Waals surface area (Å²) in [6, 6.07) is 0. The van der Waals surface area contributed by atoms with Gasteiger partial charge in [-0.05, 0) is 12.8 Å². The van der Waals surface area contributed by atoms with E-state index in [9.17, 15) is 13.6 Å². The summed E-state index contributed by atoms with van der Waals surface area (Å²) in [6.07, 6.45) is -3.10. The molecule has 90 valence electrons. The van der Waals surface area contributed by atoms with Gasteiger partial charge in [-0.3, -0.25) is 4.79 Å². The Labute approximate surface area is 89.0 Å². The van der Waals surface area contributed by atoms with Crippen LogP contribution in [0.4, 0.5) is 8.78 Å². The third-order valence-electron chi connectivity index (χ3n) is 2.67. The molecular formula is C10H19F2NO2. The van der Waals surface area contributed by atoms with Crippen molar-refractivity contribution in [1.82, 2.24) is 0 Å². The quantitative estimate of drug-likeness (QED) is 0.699. The first-order valence-electron chi connectivity index (χ1n) is 5.06. The maximum Gasteiger partial charge on any atom is 0.313 e. The van der Waals surface area contributed by atoms with E-state index in [1.807, 2.05) is 0 Å². The molecule has 0 aromatic heterocycles. The highest BCUT2D eigenvalue weighted by atomic mass is 19.3. The number of esters is 1. The van der Waals surface area contributed by atoms with E-state index in [4.69, 9.17) is 10.5 Å². The van der Waals surface area contributed by atoms with Crippen LogP contribution in [-0.2, 0) is 9.53 Å². The molecule has 1 unspecified atom stereocenters. The van der Waals surface area contributed by atoms with Crippen LogP contribution < -0.4 is 5.73 Å². The third-order valence-corrected chi connectivity index (χ3v) is 2.67. The first-order valence-corrected chi connectivity index (χ1v) is 5.06. The highest BCUT2D eigenvalue weighted by Crippen LogP contribution is 2.34. The van der Waals surface area contributed by atoms with Crippen LogP contribution in [0.1, 0.15) is 27.2 Å². The Morgan fingerprint density at radius 1 is 1.47 bits per heavy atom. The van der Waals surface area contributed by atoms with Gasteiger partial charge in [0.15, 0.2) is 0 Å². The normalized spacial score (nSPS) is 15.5.